The maximum absolute atomic E-state index is 13.6. The summed E-state index contributed by atoms with van der Waals surface area (Å²) in [6.45, 7) is 10.1. The van der Waals surface area contributed by atoms with Gasteiger partial charge in [-0.2, -0.15) is 4.90 Å². The van der Waals surface area contributed by atoms with Crippen molar-refractivity contribution in [3.05, 3.63) is 119 Å². The zero-order valence-electron chi connectivity index (χ0n) is 40.7. The van der Waals surface area contributed by atoms with Crippen LogP contribution in [0.3, 0.4) is 0 Å². The highest BCUT2D eigenvalue weighted by molar-refractivity contribution is 6.20. The molecule has 0 aromatic heterocycles. The van der Waals surface area contributed by atoms with Crippen LogP contribution < -0.4 is 14.8 Å². The average Bonchev–Trinajstić information content (AvgIpc) is 3.74. The Morgan fingerprint density at radius 2 is 1.07 bits per heavy atom. The lowest BCUT2D eigenvalue weighted by Gasteiger charge is -2.40. The number of methoxy groups -OCH3 is 2. The number of aliphatic carboxylic acids is 1. The maximum atomic E-state index is 13.6. The molecular weight excluding hydrogens is 883 g/mol. The molecule has 1 spiro atoms. The Morgan fingerprint density at radius 3 is 1.51 bits per heavy atom. The Kier molecular flexibility index (Phi) is 14.5. The zero-order chi connectivity index (χ0) is 49.9. The fraction of sp³-hybridized carbons (Fsp3) is 0.444. The van der Waals surface area contributed by atoms with E-state index in [4.69, 9.17) is 23.7 Å². The van der Waals surface area contributed by atoms with Crippen LogP contribution in [0.25, 0.3) is 11.1 Å². The first-order valence-corrected chi connectivity index (χ1v) is 23.5. The standard InChI is InChI=1S/C29H29NO5.C25H34N2O7/c1-34-21-12-10-19(11-13-21)20-14-16-29(17-15-20,27(31)32)30-28(33)35-18-26-24-8-4-2-6-22(24)23-7-3-5-9-25(23)26;1-23(2,3)33-21(30)26-19(28)25(27(20(26)29)22(31)34-24(4,5)6)14-12-17(13-15-25)16-8-10-18(32-7)11-9-16/h2-13,20,26H,14-18H2,1H3,(H,30,33)(H,31,32);8-11,17H,12-15H2,1-7H3. The van der Waals surface area contributed by atoms with Gasteiger partial charge in [-0.05, 0) is 162 Å². The molecule has 366 valence electrons. The molecule has 1 heterocycles. The number of amides is 6. The molecule has 1 saturated heterocycles. The van der Waals surface area contributed by atoms with E-state index in [9.17, 15) is 33.9 Å². The third-order valence-electron chi connectivity index (χ3n) is 13.5. The van der Waals surface area contributed by atoms with Crippen molar-refractivity contribution in [3.8, 4) is 22.6 Å². The van der Waals surface area contributed by atoms with Gasteiger partial charge in [0.2, 0.25) is 0 Å². The molecule has 4 aromatic carbocycles. The van der Waals surface area contributed by atoms with Gasteiger partial charge in [-0.15, -0.1) is 0 Å². The van der Waals surface area contributed by atoms with Gasteiger partial charge in [0.25, 0.3) is 5.91 Å². The van der Waals surface area contributed by atoms with E-state index >= 15 is 0 Å². The van der Waals surface area contributed by atoms with Crippen LogP contribution in [0.15, 0.2) is 97.1 Å². The molecule has 2 N–H and O–H groups in total. The number of ether oxygens (including phenoxy) is 5. The molecule has 15 heteroatoms. The van der Waals surface area contributed by atoms with Crippen LogP contribution >= 0.6 is 0 Å². The fourth-order valence-corrected chi connectivity index (χ4v) is 9.99. The van der Waals surface area contributed by atoms with Gasteiger partial charge in [-0.3, -0.25) is 4.79 Å². The van der Waals surface area contributed by atoms with E-state index in [0.29, 0.717) is 43.4 Å². The SMILES string of the molecule is COc1ccc(C2CCC(NC(=O)OCC3c4ccccc4-c4ccccc43)(C(=O)O)CC2)cc1.COc1ccc(C2CCC3(CC2)C(=O)N(C(=O)OC(C)(C)C)C(=O)N3C(=O)OC(C)(C)C)cc1. The number of nitrogens with one attached hydrogen (secondary N) is 1. The normalized spacial score (nSPS) is 22.1. The molecule has 2 saturated carbocycles. The quantitative estimate of drug-likeness (QED) is 0.126. The molecule has 1 aliphatic heterocycles. The highest BCUT2D eigenvalue weighted by Gasteiger charge is 2.64. The molecule has 3 aliphatic carbocycles. The number of nitrogens with zero attached hydrogens (tertiary/aromatic N) is 2. The molecule has 0 atom stereocenters. The molecule has 3 fully saturated rings. The average molecular weight is 946 g/mol. The molecular formula is C54H63N3O12. The second kappa shape index (κ2) is 20.0. The van der Waals surface area contributed by atoms with E-state index in [1.54, 1.807) is 55.8 Å². The summed E-state index contributed by atoms with van der Waals surface area (Å²) in [5.41, 5.74) is 2.17. The van der Waals surface area contributed by atoms with Gasteiger partial charge >= 0.3 is 30.3 Å². The summed E-state index contributed by atoms with van der Waals surface area (Å²) in [7, 11) is 3.23. The molecule has 69 heavy (non-hydrogen) atoms. The summed E-state index contributed by atoms with van der Waals surface area (Å²) >= 11 is 0. The van der Waals surface area contributed by atoms with Crippen LogP contribution in [0.4, 0.5) is 19.2 Å². The van der Waals surface area contributed by atoms with Gasteiger partial charge in [0.15, 0.2) is 0 Å². The summed E-state index contributed by atoms with van der Waals surface area (Å²) in [6, 6.07) is 30.8. The number of rotatable bonds is 8. The number of hydrogen-bond donors (Lipinski definition) is 2. The lowest BCUT2D eigenvalue weighted by atomic mass is 9.73. The van der Waals surface area contributed by atoms with Crippen molar-refractivity contribution in [2.45, 2.75) is 133 Å². The molecule has 0 radical (unpaired) electrons. The predicted octanol–water partition coefficient (Wildman–Crippen LogP) is 10.9. The minimum Gasteiger partial charge on any atom is -0.497 e. The van der Waals surface area contributed by atoms with Crippen molar-refractivity contribution in [1.82, 2.24) is 15.1 Å². The van der Waals surface area contributed by atoms with Crippen LogP contribution in [-0.2, 0) is 23.8 Å². The number of imide groups is 4. The van der Waals surface area contributed by atoms with Crippen LogP contribution in [0.2, 0.25) is 0 Å². The minimum absolute atomic E-state index is 0.0697. The molecule has 4 aromatic rings. The van der Waals surface area contributed by atoms with E-state index in [0.717, 1.165) is 49.8 Å². The van der Waals surface area contributed by atoms with Crippen LogP contribution in [0.5, 0.6) is 11.5 Å². The van der Waals surface area contributed by atoms with Crippen LogP contribution in [0.1, 0.15) is 133 Å². The molecule has 0 bridgehead atoms. The summed E-state index contributed by atoms with van der Waals surface area (Å²) in [5.74, 6) is 0.0935. The summed E-state index contributed by atoms with van der Waals surface area (Å²) in [5, 5.41) is 12.7. The number of benzene rings is 4. The predicted molar refractivity (Wildman–Crippen MR) is 256 cm³/mol. The van der Waals surface area contributed by atoms with E-state index in [1.165, 1.54) is 0 Å². The second-order valence-corrected chi connectivity index (χ2v) is 20.2. The number of carboxylic acid groups (broad SMARTS) is 1. The molecule has 15 nitrogen and oxygen atoms in total. The number of urea groups is 1. The first-order chi connectivity index (χ1) is 32.7. The lowest BCUT2D eigenvalue weighted by molar-refractivity contribution is -0.146. The van der Waals surface area contributed by atoms with Crippen molar-refractivity contribution in [2.24, 2.45) is 0 Å². The fourth-order valence-electron chi connectivity index (χ4n) is 9.99. The third kappa shape index (κ3) is 10.7. The van der Waals surface area contributed by atoms with Crippen molar-refractivity contribution in [1.29, 1.82) is 0 Å². The monoisotopic (exact) mass is 945 g/mol. The Morgan fingerprint density at radius 1 is 0.638 bits per heavy atom. The van der Waals surface area contributed by atoms with Gasteiger partial charge in [0, 0.05) is 5.92 Å². The molecule has 4 aliphatic rings. The van der Waals surface area contributed by atoms with Crippen molar-refractivity contribution < 1.29 is 57.6 Å². The largest absolute Gasteiger partial charge is 0.497 e. The zero-order valence-corrected chi connectivity index (χ0v) is 40.7. The first kappa shape index (κ1) is 50.0. The van der Waals surface area contributed by atoms with Crippen molar-refractivity contribution >= 4 is 36.2 Å². The summed E-state index contributed by atoms with van der Waals surface area (Å²) in [4.78, 5) is 79.1. The molecule has 0 unspecified atom stereocenters. The number of carbonyl (C=O) groups excluding carboxylic acids is 5. The second-order valence-electron chi connectivity index (χ2n) is 20.2. The summed E-state index contributed by atoms with van der Waals surface area (Å²) < 4.78 is 26.8. The van der Waals surface area contributed by atoms with Gasteiger partial charge in [0.1, 0.15) is 40.4 Å². The lowest BCUT2D eigenvalue weighted by Crippen LogP contribution is -2.56. The van der Waals surface area contributed by atoms with E-state index < -0.39 is 58.5 Å². The number of fused-ring (bicyclic) bond motifs is 3. The highest BCUT2D eigenvalue weighted by atomic mass is 16.6. The Bertz CT molecular complexity index is 2500. The van der Waals surface area contributed by atoms with E-state index in [1.807, 2.05) is 72.8 Å². The maximum Gasteiger partial charge on any atom is 0.425 e. The Balaban J connectivity index is 0.000000204. The van der Waals surface area contributed by atoms with Crippen LogP contribution in [0, 0.1) is 0 Å². The van der Waals surface area contributed by atoms with Crippen molar-refractivity contribution in [2.75, 3.05) is 20.8 Å². The smallest absolute Gasteiger partial charge is 0.425 e. The Hall–Kier alpha value is -6.90. The van der Waals surface area contributed by atoms with Gasteiger partial charge in [-0.1, -0.05) is 72.8 Å². The van der Waals surface area contributed by atoms with E-state index in [2.05, 4.69) is 29.6 Å². The number of carboxylic acids is 1. The van der Waals surface area contributed by atoms with Gasteiger partial charge < -0.3 is 34.1 Å². The number of hydrogen-bond acceptors (Lipinski definition) is 11. The van der Waals surface area contributed by atoms with E-state index in [-0.39, 0.29) is 37.2 Å². The molecule has 8 rings (SSSR count). The molecule has 6 amide bonds. The first-order valence-electron chi connectivity index (χ1n) is 23.5. The third-order valence-corrected chi connectivity index (χ3v) is 13.5. The highest BCUT2D eigenvalue weighted by Crippen LogP contribution is 2.47. The summed E-state index contributed by atoms with van der Waals surface area (Å²) in [6.07, 6.45) is 0.846. The number of alkyl carbamates (subject to hydrolysis) is 1. The van der Waals surface area contributed by atoms with Crippen LogP contribution in [-0.4, -0.2) is 94.2 Å². The Labute approximate surface area is 403 Å². The topological polar surface area (TPSA) is 187 Å². The van der Waals surface area contributed by atoms with Gasteiger partial charge in [0.05, 0.1) is 14.2 Å². The van der Waals surface area contributed by atoms with Crippen molar-refractivity contribution in [3.63, 3.8) is 0 Å². The van der Waals surface area contributed by atoms with Gasteiger partial charge in [-0.25, -0.2) is 28.9 Å². The number of carbonyl (C=O) groups is 6. The minimum atomic E-state index is -1.49.